The Morgan fingerprint density at radius 1 is 1.29 bits per heavy atom. The van der Waals surface area contributed by atoms with Gasteiger partial charge < -0.3 is 5.32 Å². The van der Waals surface area contributed by atoms with E-state index in [2.05, 4.69) is 15.4 Å². The molecule has 0 spiro atoms. The van der Waals surface area contributed by atoms with Gasteiger partial charge in [-0.2, -0.15) is 5.10 Å². The molecule has 24 heavy (non-hydrogen) atoms. The van der Waals surface area contributed by atoms with Gasteiger partial charge in [-0.1, -0.05) is 0 Å². The molecule has 8 heteroatoms. The number of rotatable bonds is 2. The number of hydrogen-bond acceptors (Lipinski definition) is 5. The lowest BCUT2D eigenvalue weighted by atomic mass is 9.86. The van der Waals surface area contributed by atoms with Gasteiger partial charge in [0.15, 0.2) is 9.84 Å². The molecule has 2 aliphatic heterocycles. The van der Waals surface area contributed by atoms with E-state index in [1.165, 1.54) is 0 Å². The zero-order chi connectivity index (χ0) is 16.9. The highest BCUT2D eigenvalue weighted by Gasteiger charge is 2.37. The van der Waals surface area contributed by atoms with Crippen LogP contribution < -0.4 is 5.32 Å². The molecule has 0 aromatic carbocycles. The van der Waals surface area contributed by atoms with Crippen LogP contribution in [0.4, 0.5) is 5.82 Å². The lowest BCUT2D eigenvalue weighted by Gasteiger charge is -2.25. The van der Waals surface area contributed by atoms with E-state index >= 15 is 0 Å². The van der Waals surface area contributed by atoms with Crippen molar-refractivity contribution in [3.63, 3.8) is 0 Å². The number of fused-ring (bicyclic) bond motifs is 1. The Kier molecular flexibility index (Phi) is 3.45. The Morgan fingerprint density at radius 2 is 2.04 bits per heavy atom. The van der Waals surface area contributed by atoms with Crippen molar-refractivity contribution in [2.24, 2.45) is 0 Å². The van der Waals surface area contributed by atoms with E-state index in [1.54, 1.807) is 17.1 Å². The monoisotopic (exact) mass is 346 g/mol. The van der Waals surface area contributed by atoms with Crippen LogP contribution in [0.3, 0.4) is 0 Å². The Morgan fingerprint density at radius 3 is 2.71 bits per heavy atom. The van der Waals surface area contributed by atoms with E-state index in [1.807, 2.05) is 19.1 Å². The summed E-state index contributed by atoms with van der Waals surface area (Å²) in [4.78, 5) is 16.3. The summed E-state index contributed by atoms with van der Waals surface area (Å²) in [5.74, 6) is 0.742. The van der Waals surface area contributed by atoms with Crippen LogP contribution in [0, 0.1) is 6.92 Å². The number of aromatic nitrogens is 3. The molecular formula is C16H18N4O3S. The van der Waals surface area contributed by atoms with E-state index in [9.17, 15) is 13.2 Å². The number of nitrogens with one attached hydrogen (secondary N) is 1. The van der Waals surface area contributed by atoms with Gasteiger partial charge in [0, 0.05) is 30.3 Å². The van der Waals surface area contributed by atoms with Crippen molar-refractivity contribution in [1.29, 1.82) is 0 Å². The number of amides is 1. The summed E-state index contributed by atoms with van der Waals surface area (Å²) in [5.41, 5.74) is 2.82. The predicted molar refractivity (Wildman–Crippen MR) is 88.6 cm³/mol. The minimum absolute atomic E-state index is 0.0775. The fourth-order valence-corrected chi connectivity index (χ4v) is 5.38. The van der Waals surface area contributed by atoms with Gasteiger partial charge in [0.1, 0.15) is 5.82 Å². The SMILES string of the molecule is Cc1nn([C@H]2CCS(=O)(=O)C2)c2c1[C@H](c1ccncc1)CC(=O)N2. The van der Waals surface area contributed by atoms with Crippen LogP contribution in [-0.4, -0.2) is 40.6 Å². The molecule has 0 saturated carbocycles. The highest BCUT2D eigenvalue weighted by atomic mass is 32.2. The van der Waals surface area contributed by atoms with Crippen LogP contribution in [0.5, 0.6) is 0 Å². The molecule has 2 atom stereocenters. The fourth-order valence-electron chi connectivity index (χ4n) is 3.69. The van der Waals surface area contributed by atoms with Crippen LogP contribution >= 0.6 is 0 Å². The van der Waals surface area contributed by atoms with Crippen LogP contribution in [0.2, 0.25) is 0 Å². The molecule has 4 rings (SSSR count). The number of nitrogens with zero attached hydrogens (tertiary/aromatic N) is 3. The topological polar surface area (TPSA) is 93.9 Å². The number of carbonyl (C=O) groups excluding carboxylic acids is 1. The summed E-state index contributed by atoms with van der Waals surface area (Å²) in [6.45, 7) is 1.91. The van der Waals surface area contributed by atoms with Gasteiger partial charge in [0.25, 0.3) is 0 Å². The first kappa shape index (κ1) is 15.3. The van der Waals surface area contributed by atoms with Crippen LogP contribution in [0.15, 0.2) is 24.5 Å². The lowest BCUT2D eigenvalue weighted by Crippen LogP contribution is -2.26. The molecule has 0 aliphatic carbocycles. The minimum atomic E-state index is -3.02. The number of hydrogen-bond donors (Lipinski definition) is 1. The van der Waals surface area contributed by atoms with Gasteiger partial charge in [-0.25, -0.2) is 13.1 Å². The molecule has 2 aliphatic rings. The number of aryl methyl sites for hydroxylation is 1. The highest BCUT2D eigenvalue weighted by molar-refractivity contribution is 7.91. The van der Waals surface area contributed by atoms with Crippen molar-refractivity contribution in [1.82, 2.24) is 14.8 Å². The summed E-state index contributed by atoms with van der Waals surface area (Å²) in [7, 11) is -3.02. The zero-order valence-corrected chi connectivity index (χ0v) is 14.1. The summed E-state index contributed by atoms with van der Waals surface area (Å²) in [5, 5.41) is 7.48. The summed E-state index contributed by atoms with van der Waals surface area (Å²) >= 11 is 0. The highest BCUT2D eigenvalue weighted by Crippen LogP contribution is 2.41. The molecule has 0 bridgehead atoms. The first-order valence-corrected chi connectivity index (χ1v) is 9.76. The average Bonchev–Trinajstić information content (AvgIpc) is 3.07. The molecule has 1 amide bonds. The Balaban J connectivity index is 1.81. The number of carbonyl (C=O) groups is 1. The van der Waals surface area contributed by atoms with Crippen molar-refractivity contribution in [2.45, 2.75) is 31.7 Å². The number of anilines is 1. The molecule has 1 N–H and O–H groups in total. The molecule has 1 saturated heterocycles. The maximum atomic E-state index is 12.2. The number of pyridine rings is 1. The van der Waals surface area contributed by atoms with Crippen molar-refractivity contribution >= 4 is 21.6 Å². The third kappa shape index (κ3) is 2.50. The second-order valence-electron chi connectivity index (χ2n) is 6.43. The van der Waals surface area contributed by atoms with Crippen molar-refractivity contribution in [3.8, 4) is 0 Å². The average molecular weight is 346 g/mol. The smallest absolute Gasteiger partial charge is 0.226 e. The Hall–Kier alpha value is -2.22. The van der Waals surface area contributed by atoms with Crippen molar-refractivity contribution in [3.05, 3.63) is 41.3 Å². The standard InChI is InChI=1S/C16H18N4O3S/c1-10-15-13(11-2-5-17-6-3-11)8-14(21)18-16(15)20(19-10)12-4-7-24(22,23)9-12/h2-3,5-6,12-13H,4,7-9H2,1H3,(H,18,21)/t12-,13-/m0/s1. The largest absolute Gasteiger partial charge is 0.311 e. The van der Waals surface area contributed by atoms with Gasteiger partial charge >= 0.3 is 0 Å². The third-order valence-electron chi connectivity index (χ3n) is 4.79. The van der Waals surface area contributed by atoms with Gasteiger partial charge in [-0.3, -0.25) is 9.78 Å². The summed E-state index contributed by atoms with van der Waals surface area (Å²) < 4.78 is 25.3. The maximum absolute atomic E-state index is 12.2. The Labute approximate surface area is 140 Å². The van der Waals surface area contributed by atoms with Crippen molar-refractivity contribution in [2.75, 3.05) is 16.8 Å². The molecule has 0 radical (unpaired) electrons. The molecule has 4 heterocycles. The number of sulfone groups is 1. The molecule has 7 nitrogen and oxygen atoms in total. The second kappa shape index (κ2) is 5.41. The summed E-state index contributed by atoms with van der Waals surface area (Å²) in [6.07, 6.45) is 4.31. The second-order valence-corrected chi connectivity index (χ2v) is 8.66. The fraction of sp³-hybridized carbons (Fsp3) is 0.438. The molecule has 126 valence electrons. The van der Waals surface area contributed by atoms with E-state index in [0.717, 1.165) is 16.8 Å². The molecule has 2 aromatic heterocycles. The van der Waals surface area contributed by atoms with Gasteiger partial charge in [0.2, 0.25) is 5.91 Å². The molecule has 0 unspecified atom stereocenters. The first-order chi connectivity index (χ1) is 11.4. The van der Waals surface area contributed by atoms with Gasteiger partial charge in [-0.05, 0) is 31.0 Å². The van der Waals surface area contributed by atoms with Gasteiger partial charge in [-0.15, -0.1) is 0 Å². The van der Waals surface area contributed by atoms with E-state index < -0.39 is 9.84 Å². The van der Waals surface area contributed by atoms with Gasteiger partial charge in [0.05, 0.1) is 23.2 Å². The quantitative estimate of drug-likeness (QED) is 0.887. The van der Waals surface area contributed by atoms with E-state index in [-0.39, 0.29) is 29.4 Å². The molecule has 2 aromatic rings. The lowest BCUT2D eigenvalue weighted by molar-refractivity contribution is -0.116. The van der Waals surface area contributed by atoms with Crippen molar-refractivity contribution < 1.29 is 13.2 Å². The Bertz CT molecular complexity index is 905. The predicted octanol–water partition coefficient (Wildman–Crippen LogP) is 1.42. The van der Waals surface area contributed by atoms with Crippen LogP contribution in [0.1, 0.15) is 41.6 Å². The molecular weight excluding hydrogens is 328 g/mol. The normalized spacial score (nSPS) is 25.3. The maximum Gasteiger partial charge on any atom is 0.226 e. The van der Waals surface area contributed by atoms with Crippen LogP contribution in [-0.2, 0) is 14.6 Å². The zero-order valence-electron chi connectivity index (χ0n) is 13.3. The van der Waals surface area contributed by atoms with E-state index in [4.69, 9.17) is 0 Å². The van der Waals surface area contributed by atoms with E-state index in [0.29, 0.717) is 18.7 Å². The summed E-state index contributed by atoms with van der Waals surface area (Å²) in [6, 6.07) is 3.60. The third-order valence-corrected chi connectivity index (χ3v) is 6.54. The molecule has 1 fully saturated rings. The van der Waals surface area contributed by atoms with Crippen LogP contribution in [0.25, 0.3) is 0 Å². The first-order valence-electron chi connectivity index (χ1n) is 7.94. The minimum Gasteiger partial charge on any atom is -0.311 e.